The lowest BCUT2D eigenvalue weighted by Gasteiger charge is -1.99. The van der Waals surface area contributed by atoms with Gasteiger partial charge in [-0.25, -0.2) is 19.4 Å². The van der Waals surface area contributed by atoms with Gasteiger partial charge in [-0.1, -0.05) is 0 Å². The molecule has 0 aliphatic carbocycles. The maximum Gasteiger partial charge on any atom is 0.374 e. The van der Waals surface area contributed by atoms with Crippen molar-refractivity contribution in [2.45, 2.75) is 0 Å². The Bertz CT molecular complexity index is 452. The molecule has 1 N–H and O–H groups in total. The Hall–Kier alpha value is -2.24. The fraction of sp³-hybridized carbons (Fsp3) is 0. The monoisotopic (exact) mass is 190 g/mol. The average Bonchev–Trinajstić information content (AvgIpc) is 2.71. The van der Waals surface area contributed by atoms with Crippen LogP contribution in [0.1, 0.15) is 10.6 Å². The topological polar surface area (TPSA) is 80.9 Å². The van der Waals surface area contributed by atoms with Crippen LogP contribution in [0.4, 0.5) is 0 Å². The van der Waals surface area contributed by atoms with E-state index in [0.717, 1.165) is 0 Å². The van der Waals surface area contributed by atoms with Crippen molar-refractivity contribution >= 4 is 5.97 Å². The molecule has 70 valence electrons. The molecule has 2 rings (SSSR count). The van der Waals surface area contributed by atoms with Gasteiger partial charge < -0.3 is 5.11 Å². The maximum absolute atomic E-state index is 10.6. The summed E-state index contributed by atoms with van der Waals surface area (Å²) >= 11 is 0. The largest absolute Gasteiger partial charge is 0.475 e. The molecule has 2 aromatic heterocycles. The second-order valence-electron chi connectivity index (χ2n) is 2.49. The van der Waals surface area contributed by atoms with Gasteiger partial charge in [0.15, 0.2) is 5.82 Å². The van der Waals surface area contributed by atoms with E-state index in [1.165, 1.54) is 10.9 Å². The fourth-order valence-corrected chi connectivity index (χ4v) is 0.984. The fourth-order valence-electron chi connectivity index (χ4n) is 0.984. The van der Waals surface area contributed by atoms with Crippen molar-refractivity contribution < 1.29 is 9.90 Å². The molecule has 0 aliphatic rings. The summed E-state index contributed by atoms with van der Waals surface area (Å²) in [5.74, 6) is -0.959. The minimum atomic E-state index is -1.15. The summed E-state index contributed by atoms with van der Waals surface area (Å²) in [6, 6.07) is 3.31. The van der Waals surface area contributed by atoms with Gasteiger partial charge in [-0.05, 0) is 6.07 Å². The Kier molecular flexibility index (Phi) is 1.94. The molecular formula is C8H6N4O2. The van der Waals surface area contributed by atoms with Crippen LogP contribution in [-0.4, -0.2) is 30.8 Å². The highest BCUT2D eigenvalue weighted by Gasteiger charge is 2.07. The summed E-state index contributed by atoms with van der Waals surface area (Å²) in [7, 11) is 0. The van der Waals surface area contributed by atoms with Crippen LogP contribution >= 0.6 is 0 Å². The lowest BCUT2D eigenvalue weighted by molar-refractivity contribution is 0.0683. The third-order valence-electron chi connectivity index (χ3n) is 1.57. The third kappa shape index (κ3) is 1.45. The van der Waals surface area contributed by atoms with E-state index in [4.69, 9.17) is 5.11 Å². The number of carboxylic acid groups (broad SMARTS) is 1. The molecule has 6 heteroatoms. The molecule has 0 radical (unpaired) electrons. The molecule has 0 unspecified atom stereocenters. The van der Waals surface area contributed by atoms with Crippen LogP contribution in [0, 0.1) is 0 Å². The number of aromatic carboxylic acids is 1. The molecule has 0 amide bonds. The molecule has 0 bridgehead atoms. The van der Waals surface area contributed by atoms with E-state index in [1.54, 1.807) is 24.5 Å². The Morgan fingerprint density at radius 3 is 2.93 bits per heavy atom. The molecule has 6 nitrogen and oxygen atoms in total. The van der Waals surface area contributed by atoms with Crippen molar-refractivity contribution in [3.05, 3.63) is 36.5 Å². The van der Waals surface area contributed by atoms with Gasteiger partial charge in [0.1, 0.15) is 0 Å². The van der Waals surface area contributed by atoms with Gasteiger partial charge in [-0.15, -0.1) is 0 Å². The molecule has 0 aliphatic heterocycles. The van der Waals surface area contributed by atoms with E-state index in [0.29, 0.717) is 5.82 Å². The molecule has 2 heterocycles. The quantitative estimate of drug-likeness (QED) is 0.739. The Labute approximate surface area is 78.9 Å². The lowest BCUT2D eigenvalue weighted by atomic mass is 10.5. The molecule has 0 saturated heterocycles. The van der Waals surface area contributed by atoms with Crippen molar-refractivity contribution in [1.82, 2.24) is 19.7 Å². The highest BCUT2D eigenvalue weighted by molar-refractivity contribution is 5.83. The van der Waals surface area contributed by atoms with Crippen LogP contribution in [0.25, 0.3) is 5.82 Å². The van der Waals surface area contributed by atoms with E-state index < -0.39 is 5.97 Å². The maximum atomic E-state index is 10.6. The van der Waals surface area contributed by atoms with Crippen molar-refractivity contribution in [3.63, 3.8) is 0 Å². The first-order chi connectivity index (χ1) is 6.77. The van der Waals surface area contributed by atoms with Crippen LogP contribution in [-0.2, 0) is 0 Å². The summed E-state index contributed by atoms with van der Waals surface area (Å²) in [5, 5.41) is 12.6. The summed E-state index contributed by atoms with van der Waals surface area (Å²) in [6.45, 7) is 0. The van der Waals surface area contributed by atoms with Crippen LogP contribution in [0.5, 0.6) is 0 Å². The zero-order valence-corrected chi connectivity index (χ0v) is 7.03. The Balaban J connectivity index is 2.46. The summed E-state index contributed by atoms with van der Waals surface area (Å²) < 4.78 is 1.47. The SMILES string of the molecule is O=C(O)c1nccc(-n2cccn2)n1. The van der Waals surface area contributed by atoms with E-state index in [2.05, 4.69) is 15.1 Å². The van der Waals surface area contributed by atoms with Gasteiger partial charge in [0.25, 0.3) is 0 Å². The van der Waals surface area contributed by atoms with Gasteiger partial charge in [-0.3, -0.25) is 0 Å². The normalized spacial score (nSPS) is 10.0. The van der Waals surface area contributed by atoms with E-state index in [-0.39, 0.29) is 5.82 Å². The second kappa shape index (κ2) is 3.25. The Morgan fingerprint density at radius 2 is 2.29 bits per heavy atom. The van der Waals surface area contributed by atoms with E-state index in [1.807, 2.05) is 0 Å². The molecule has 0 aromatic carbocycles. The summed E-state index contributed by atoms with van der Waals surface area (Å²) in [6.07, 6.45) is 4.64. The van der Waals surface area contributed by atoms with Gasteiger partial charge in [0.2, 0.25) is 5.82 Å². The summed E-state index contributed by atoms with van der Waals surface area (Å²) in [5.41, 5.74) is 0. The van der Waals surface area contributed by atoms with E-state index in [9.17, 15) is 4.79 Å². The van der Waals surface area contributed by atoms with Crippen LogP contribution in [0.2, 0.25) is 0 Å². The van der Waals surface area contributed by atoms with Gasteiger partial charge >= 0.3 is 5.97 Å². The predicted molar refractivity (Wildman–Crippen MR) is 46.1 cm³/mol. The van der Waals surface area contributed by atoms with Crippen LogP contribution < -0.4 is 0 Å². The smallest absolute Gasteiger partial charge is 0.374 e. The number of aromatic nitrogens is 4. The first-order valence-corrected chi connectivity index (χ1v) is 3.84. The Morgan fingerprint density at radius 1 is 1.43 bits per heavy atom. The lowest BCUT2D eigenvalue weighted by Crippen LogP contribution is -2.07. The molecule has 2 aromatic rings. The molecule has 0 fully saturated rings. The van der Waals surface area contributed by atoms with E-state index >= 15 is 0 Å². The number of hydrogen-bond acceptors (Lipinski definition) is 4. The van der Waals surface area contributed by atoms with Gasteiger partial charge in [0, 0.05) is 24.7 Å². The van der Waals surface area contributed by atoms with Crippen LogP contribution in [0.3, 0.4) is 0 Å². The standard InChI is InChI=1S/C8H6N4O2/c13-8(14)7-9-4-2-6(11-7)12-5-1-3-10-12/h1-5H,(H,13,14). The number of rotatable bonds is 2. The summed E-state index contributed by atoms with van der Waals surface area (Å²) in [4.78, 5) is 18.0. The zero-order valence-electron chi connectivity index (χ0n) is 7.03. The number of hydrogen-bond donors (Lipinski definition) is 1. The average molecular weight is 190 g/mol. The molecule has 14 heavy (non-hydrogen) atoms. The number of carboxylic acids is 1. The van der Waals surface area contributed by atoms with Crippen molar-refractivity contribution in [2.24, 2.45) is 0 Å². The number of carbonyl (C=O) groups is 1. The molecule has 0 atom stereocenters. The van der Waals surface area contributed by atoms with Crippen molar-refractivity contribution in [2.75, 3.05) is 0 Å². The van der Waals surface area contributed by atoms with Crippen molar-refractivity contribution in [3.8, 4) is 5.82 Å². The number of nitrogens with zero attached hydrogens (tertiary/aromatic N) is 4. The minimum absolute atomic E-state index is 0.238. The van der Waals surface area contributed by atoms with Gasteiger partial charge in [-0.2, -0.15) is 5.10 Å². The third-order valence-corrected chi connectivity index (χ3v) is 1.57. The molecule has 0 spiro atoms. The first-order valence-electron chi connectivity index (χ1n) is 3.84. The minimum Gasteiger partial charge on any atom is -0.475 e. The predicted octanol–water partition coefficient (Wildman–Crippen LogP) is 0.360. The second-order valence-corrected chi connectivity index (χ2v) is 2.49. The zero-order chi connectivity index (χ0) is 9.97. The highest BCUT2D eigenvalue weighted by Crippen LogP contribution is 2.01. The van der Waals surface area contributed by atoms with Crippen molar-refractivity contribution in [1.29, 1.82) is 0 Å². The molecular weight excluding hydrogens is 184 g/mol. The van der Waals surface area contributed by atoms with Gasteiger partial charge in [0.05, 0.1) is 0 Å². The molecule has 0 saturated carbocycles. The van der Waals surface area contributed by atoms with Crippen LogP contribution in [0.15, 0.2) is 30.7 Å². The first kappa shape index (κ1) is 8.36. The highest BCUT2D eigenvalue weighted by atomic mass is 16.4.